The maximum atomic E-state index is 12.5. The summed E-state index contributed by atoms with van der Waals surface area (Å²) in [7, 11) is -3.31. The fraction of sp³-hybridized carbons (Fsp3) is 0.467. The molecule has 1 aliphatic rings. The first-order chi connectivity index (χ1) is 10.4. The van der Waals surface area contributed by atoms with Crippen LogP contribution in [0.25, 0.3) is 0 Å². The summed E-state index contributed by atoms with van der Waals surface area (Å²) in [6.07, 6.45) is 2.01. The van der Waals surface area contributed by atoms with E-state index < -0.39 is 21.8 Å². The molecule has 0 bridgehead atoms. The summed E-state index contributed by atoms with van der Waals surface area (Å²) >= 11 is 0. The van der Waals surface area contributed by atoms with Gasteiger partial charge in [0.1, 0.15) is 6.04 Å². The second kappa shape index (κ2) is 6.48. The number of likely N-dealkylation sites (tertiary alicyclic amines) is 1. The lowest BCUT2D eigenvalue weighted by Gasteiger charge is -2.33. The van der Waals surface area contributed by atoms with Crippen LogP contribution in [0.1, 0.15) is 36.5 Å². The average Bonchev–Trinajstić information content (AvgIpc) is 2.54. The maximum Gasteiger partial charge on any atom is 0.326 e. The van der Waals surface area contributed by atoms with Crippen LogP contribution in [0.3, 0.4) is 0 Å². The molecule has 6 nitrogen and oxygen atoms in total. The molecule has 0 aliphatic carbocycles. The highest BCUT2D eigenvalue weighted by Crippen LogP contribution is 2.21. The van der Waals surface area contributed by atoms with Crippen molar-refractivity contribution < 1.29 is 23.1 Å². The Labute approximate surface area is 129 Å². The molecule has 0 unspecified atom stereocenters. The molecule has 7 heteroatoms. The third-order valence-corrected chi connectivity index (χ3v) is 5.64. The summed E-state index contributed by atoms with van der Waals surface area (Å²) in [4.78, 5) is 25.2. The number of carboxylic acids is 1. The second-order valence-electron chi connectivity index (χ2n) is 5.28. The molecule has 1 atom stereocenters. The highest BCUT2D eigenvalue weighted by Gasteiger charge is 2.32. The fourth-order valence-corrected chi connectivity index (χ4v) is 3.45. The number of piperidine rings is 1. The first kappa shape index (κ1) is 16.5. The molecule has 120 valence electrons. The van der Waals surface area contributed by atoms with Crippen molar-refractivity contribution >= 4 is 21.7 Å². The number of carboxylic acid groups (broad SMARTS) is 1. The topological polar surface area (TPSA) is 91.8 Å². The van der Waals surface area contributed by atoms with Crippen molar-refractivity contribution in [2.45, 2.75) is 37.1 Å². The van der Waals surface area contributed by atoms with Gasteiger partial charge in [0.2, 0.25) is 0 Å². The van der Waals surface area contributed by atoms with Crippen LogP contribution in [0.4, 0.5) is 0 Å². The Kier molecular flexibility index (Phi) is 4.85. The molecular weight excluding hydrogens is 306 g/mol. The Morgan fingerprint density at radius 2 is 1.86 bits per heavy atom. The lowest BCUT2D eigenvalue weighted by Crippen LogP contribution is -2.47. The molecule has 1 aromatic carbocycles. The predicted octanol–water partition coefficient (Wildman–Crippen LogP) is 1.56. The van der Waals surface area contributed by atoms with E-state index in [-0.39, 0.29) is 16.6 Å². The van der Waals surface area contributed by atoms with E-state index in [1.807, 2.05) is 0 Å². The average molecular weight is 325 g/mol. The molecule has 2 rings (SSSR count). The number of nitrogens with zero attached hydrogens (tertiary/aromatic N) is 1. The Morgan fingerprint density at radius 1 is 1.23 bits per heavy atom. The number of amides is 1. The number of benzene rings is 1. The molecule has 0 spiro atoms. The molecule has 22 heavy (non-hydrogen) atoms. The van der Waals surface area contributed by atoms with Crippen LogP contribution in [0.2, 0.25) is 0 Å². The summed E-state index contributed by atoms with van der Waals surface area (Å²) in [5.41, 5.74) is 0.309. The molecule has 1 aromatic rings. The van der Waals surface area contributed by atoms with E-state index in [4.69, 9.17) is 0 Å². The van der Waals surface area contributed by atoms with Gasteiger partial charge in [0, 0.05) is 12.1 Å². The molecule has 1 fully saturated rings. The molecule has 0 saturated carbocycles. The minimum absolute atomic E-state index is 0.00644. The van der Waals surface area contributed by atoms with Gasteiger partial charge in [-0.15, -0.1) is 0 Å². The highest BCUT2D eigenvalue weighted by molar-refractivity contribution is 7.91. The van der Waals surface area contributed by atoms with E-state index in [1.54, 1.807) is 6.92 Å². The van der Waals surface area contributed by atoms with Gasteiger partial charge in [-0.25, -0.2) is 13.2 Å². The Morgan fingerprint density at radius 3 is 2.41 bits per heavy atom. The van der Waals surface area contributed by atoms with Crippen molar-refractivity contribution in [3.05, 3.63) is 29.8 Å². The van der Waals surface area contributed by atoms with E-state index in [0.29, 0.717) is 18.5 Å². The molecule has 0 radical (unpaired) electrons. The van der Waals surface area contributed by atoms with Gasteiger partial charge in [0.25, 0.3) is 5.91 Å². The van der Waals surface area contributed by atoms with E-state index in [2.05, 4.69) is 0 Å². The Bertz CT molecular complexity index is 666. The fourth-order valence-electron chi connectivity index (χ4n) is 2.57. The van der Waals surface area contributed by atoms with Gasteiger partial charge >= 0.3 is 5.97 Å². The number of rotatable bonds is 4. The first-order valence-electron chi connectivity index (χ1n) is 7.23. The van der Waals surface area contributed by atoms with E-state index in [1.165, 1.54) is 29.2 Å². The van der Waals surface area contributed by atoms with Crippen LogP contribution in [-0.2, 0) is 14.6 Å². The number of sulfone groups is 1. The summed E-state index contributed by atoms with van der Waals surface area (Å²) in [5, 5.41) is 9.21. The maximum absolute atomic E-state index is 12.5. The smallest absolute Gasteiger partial charge is 0.326 e. The molecule has 1 saturated heterocycles. The van der Waals surface area contributed by atoms with Crippen LogP contribution >= 0.6 is 0 Å². The monoisotopic (exact) mass is 325 g/mol. The van der Waals surface area contributed by atoms with Gasteiger partial charge in [0.15, 0.2) is 9.84 Å². The van der Waals surface area contributed by atoms with Crippen LogP contribution in [0.15, 0.2) is 29.2 Å². The zero-order chi connectivity index (χ0) is 16.3. The molecule has 1 heterocycles. The SMILES string of the molecule is CCS(=O)(=O)c1ccc(C(=O)N2CCCC[C@@H]2C(=O)O)cc1. The quantitative estimate of drug-likeness (QED) is 0.907. The van der Waals surface area contributed by atoms with Crippen molar-refractivity contribution in [2.24, 2.45) is 0 Å². The summed E-state index contributed by atoms with van der Waals surface area (Å²) in [6.45, 7) is 1.96. The van der Waals surface area contributed by atoms with Gasteiger partial charge in [-0.1, -0.05) is 6.92 Å². The second-order valence-corrected chi connectivity index (χ2v) is 7.55. The van der Waals surface area contributed by atoms with Crippen LogP contribution in [0.5, 0.6) is 0 Å². The minimum atomic E-state index is -3.31. The number of carbonyl (C=O) groups is 2. The zero-order valence-electron chi connectivity index (χ0n) is 12.4. The number of hydrogen-bond donors (Lipinski definition) is 1. The summed E-state index contributed by atoms with van der Waals surface area (Å²) in [6, 6.07) is 4.87. The zero-order valence-corrected chi connectivity index (χ0v) is 13.2. The molecular formula is C15H19NO5S. The molecule has 1 N–H and O–H groups in total. The first-order valence-corrected chi connectivity index (χ1v) is 8.88. The highest BCUT2D eigenvalue weighted by atomic mass is 32.2. The molecule has 1 amide bonds. The van der Waals surface area contributed by atoms with Crippen LogP contribution < -0.4 is 0 Å². The van der Waals surface area contributed by atoms with E-state index in [9.17, 15) is 23.1 Å². The van der Waals surface area contributed by atoms with Gasteiger partial charge in [-0.05, 0) is 43.5 Å². The minimum Gasteiger partial charge on any atom is -0.480 e. The van der Waals surface area contributed by atoms with Gasteiger partial charge in [-0.3, -0.25) is 4.79 Å². The number of aliphatic carboxylic acids is 1. The van der Waals surface area contributed by atoms with Crippen LogP contribution in [0, 0.1) is 0 Å². The van der Waals surface area contributed by atoms with E-state index in [0.717, 1.165) is 12.8 Å². The van der Waals surface area contributed by atoms with Crippen molar-refractivity contribution in [3.63, 3.8) is 0 Å². The van der Waals surface area contributed by atoms with Crippen molar-refractivity contribution in [2.75, 3.05) is 12.3 Å². The van der Waals surface area contributed by atoms with E-state index >= 15 is 0 Å². The van der Waals surface area contributed by atoms with Gasteiger partial charge in [0.05, 0.1) is 10.6 Å². The number of carbonyl (C=O) groups excluding carboxylic acids is 1. The third-order valence-electron chi connectivity index (χ3n) is 3.89. The van der Waals surface area contributed by atoms with Gasteiger partial charge in [-0.2, -0.15) is 0 Å². The van der Waals surface area contributed by atoms with Crippen molar-refractivity contribution in [1.29, 1.82) is 0 Å². The largest absolute Gasteiger partial charge is 0.480 e. The van der Waals surface area contributed by atoms with Crippen molar-refractivity contribution in [3.8, 4) is 0 Å². The van der Waals surface area contributed by atoms with Crippen LogP contribution in [-0.4, -0.2) is 48.6 Å². The Hall–Kier alpha value is -1.89. The van der Waals surface area contributed by atoms with Crippen molar-refractivity contribution in [1.82, 2.24) is 4.90 Å². The number of hydrogen-bond acceptors (Lipinski definition) is 4. The summed E-state index contributed by atoms with van der Waals surface area (Å²) < 4.78 is 23.5. The normalized spacial score (nSPS) is 19.0. The summed E-state index contributed by atoms with van der Waals surface area (Å²) in [5.74, 6) is -1.38. The standard InChI is InChI=1S/C15H19NO5S/c1-2-22(20,21)12-8-6-11(7-9-12)14(17)16-10-4-3-5-13(16)15(18)19/h6-9,13H,2-5,10H2,1H3,(H,18,19)/t13-/m1/s1. The molecule has 0 aromatic heterocycles. The lowest BCUT2D eigenvalue weighted by atomic mass is 10.0. The lowest BCUT2D eigenvalue weighted by molar-refractivity contribution is -0.143. The van der Waals surface area contributed by atoms with Gasteiger partial charge < -0.3 is 10.0 Å². The third kappa shape index (κ3) is 3.30. The predicted molar refractivity (Wildman–Crippen MR) is 80.5 cm³/mol. The molecule has 1 aliphatic heterocycles. The Balaban J connectivity index is 2.24.